The van der Waals surface area contributed by atoms with Gasteiger partial charge in [0.25, 0.3) is 0 Å². The summed E-state index contributed by atoms with van der Waals surface area (Å²) in [6.45, 7) is 3.22. The third kappa shape index (κ3) is 2.98. The molecule has 0 aromatic carbocycles. The zero-order valence-corrected chi connectivity index (χ0v) is 9.50. The highest BCUT2D eigenvalue weighted by molar-refractivity contribution is 5.13. The Morgan fingerprint density at radius 2 is 2.00 bits per heavy atom. The number of alkyl halides is 3. The van der Waals surface area contributed by atoms with Gasteiger partial charge in [-0.15, -0.1) is 0 Å². The minimum absolute atomic E-state index is 0.475. The molecule has 0 spiro atoms. The van der Waals surface area contributed by atoms with Gasteiger partial charge in [0, 0.05) is 26.7 Å². The van der Waals surface area contributed by atoms with Gasteiger partial charge in [-0.2, -0.15) is 18.3 Å². The van der Waals surface area contributed by atoms with Gasteiger partial charge in [0.1, 0.15) is 0 Å². The van der Waals surface area contributed by atoms with E-state index in [4.69, 9.17) is 4.74 Å². The summed E-state index contributed by atoms with van der Waals surface area (Å²) in [5, 5.41) is 3.48. The molecule has 0 radical (unpaired) electrons. The SMILES string of the molecule is Cn1nc(C(F)(F)F)cc1CN1CCOCC1. The molecule has 7 heteroatoms. The molecule has 96 valence electrons. The van der Waals surface area contributed by atoms with Crippen LogP contribution in [0.3, 0.4) is 0 Å². The molecule has 0 atom stereocenters. The molecular weight excluding hydrogens is 235 g/mol. The Kier molecular flexibility index (Phi) is 3.39. The van der Waals surface area contributed by atoms with Crippen LogP contribution in [0.2, 0.25) is 0 Å². The van der Waals surface area contributed by atoms with Crippen LogP contribution in [0.1, 0.15) is 11.4 Å². The molecule has 1 saturated heterocycles. The van der Waals surface area contributed by atoms with Crippen LogP contribution >= 0.6 is 0 Å². The van der Waals surface area contributed by atoms with Crippen molar-refractivity contribution < 1.29 is 17.9 Å². The largest absolute Gasteiger partial charge is 0.435 e. The minimum atomic E-state index is -4.37. The van der Waals surface area contributed by atoms with Gasteiger partial charge in [-0.25, -0.2) is 0 Å². The second kappa shape index (κ2) is 4.66. The van der Waals surface area contributed by atoms with Crippen LogP contribution in [0.4, 0.5) is 13.2 Å². The summed E-state index contributed by atoms with van der Waals surface area (Å²) < 4.78 is 43.8. The van der Waals surface area contributed by atoms with Gasteiger partial charge in [0.15, 0.2) is 5.69 Å². The fourth-order valence-electron chi connectivity index (χ4n) is 1.78. The first-order valence-corrected chi connectivity index (χ1v) is 5.37. The monoisotopic (exact) mass is 249 g/mol. The highest BCUT2D eigenvalue weighted by Gasteiger charge is 2.34. The molecule has 1 aromatic heterocycles. The van der Waals surface area contributed by atoms with Crippen LogP contribution in [0.15, 0.2) is 6.07 Å². The first-order valence-electron chi connectivity index (χ1n) is 5.37. The average molecular weight is 249 g/mol. The summed E-state index contributed by atoms with van der Waals surface area (Å²) in [5.74, 6) is 0. The number of hydrogen-bond donors (Lipinski definition) is 0. The van der Waals surface area contributed by atoms with Gasteiger partial charge < -0.3 is 4.74 Å². The van der Waals surface area contributed by atoms with E-state index in [9.17, 15) is 13.2 Å². The van der Waals surface area contributed by atoms with E-state index in [0.29, 0.717) is 25.5 Å². The van der Waals surface area contributed by atoms with Gasteiger partial charge in [-0.05, 0) is 6.07 Å². The highest BCUT2D eigenvalue weighted by atomic mass is 19.4. The van der Waals surface area contributed by atoms with E-state index in [2.05, 4.69) is 10.00 Å². The van der Waals surface area contributed by atoms with E-state index in [-0.39, 0.29) is 0 Å². The molecule has 4 nitrogen and oxygen atoms in total. The standard InChI is InChI=1S/C10H14F3N3O/c1-15-8(6-9(14-15)10(11,12)13)7-16-2-4-17-5-3-16/h6H,2-5,7H2,1H3. The molecule has 17 heavy (non-hydrogen) atoms. The van der Waals surface area contributed by atoms with Crippen molar-refractivity contribution in [3.63, 3.8) is 0 Å². The van der Waals surface area contributed by atoms with Crippen LogP contribution in [-0.2, 0) is 24.5 Å². The smallest absolute Gasteiger partial charge is 0.379 e. The van der Waals surface area contributed by atoms with Crippen LogP contribution in [0.25, 0.3) is 0 Å². The summed E-state index contributed by atoms with van der Waals surface area (Å²) in [4.78, 5) is 2.06. The molecule has 0 aliphatic carbocycles. The van der Waals surface area contributed by atoms with Gasteiger partial charge in [0.2, 0.25) is 0 Å². The summed E-state index contributed by atoms with van der Waals surface area (Å²) in [6, 6.07) is 1.11. The number of nitrogens with zero attached hydrogens (tertiary/aromatic N) is 3. The fraction of sp³-hybridized carbons (Fsp3) is 0.700. The maximum atomic E-state index is 12.5. The number of hydrogen-bond acceptors (Lipinski definition) is 3. The Labute approximate surface area is 97.0 Å². The van der Waals surface area contributed by atoms with Crippen molar-refractivity contribution in [2.75, 3.05) is 26.3 Å². The summed E-state index contributed by atoms with van der Waals surface area (Å²) in [6.07, 6.45) is -4.37. The number of aromatic nitrogens is 2. The van der Waals surface area contributed by atoms with Crippen LogP contribution in [0.5, 0.6) is 0 Å². The van der Waals surface area contributed by atoms with Crippen molar-refractivity contribution in [1.29, 1.82) is 0 Å². The van der Waals surface area contributed by atoms with Crippen molar-refractivity contribution in [3.8, 4) is 0 Å². The Morgan fingerprint density at radius 1 is 1.35 bits per heavy atom. The molecule has 1 fully saturated rings. The number of aryl methyl sites for hydroxylation is 1. The number of morpholine rings is 1. The quantitative estimate of drug-likeness (QED) is 0.790. The third-order valence-corrected chi connectivity index (χ3v) is 2.76. The molecule has 2 heterocycles. The second-order valence-corrected chi connectivity index (χ2v) is 4.03. The molecular formula is C10H14F3N3O. The first kappa shape index (κ1) is 12.4. The summed E-state index contributed by atoms with van der Waals surface area (Å²) >= 11 is 0. The first-order chi connectivity index (χ1) is 7.97. The zero-order valence-electron chi connectivity index (χ0n) is 9.50. The molecule has 2 rings (SSSR count). The van der Waals surface area contributed by atoms with Gasteiger partial charge >= 0.3 is 6.18 Å². The Bertz CT molecular complexity index is 383. The molecule has 1 aliphatic rings. The van der Waals surface area contributed by atoms with Crippen molar-refractivity contribution in [3.05, 3.63) is 17.5 Å². The van der Waals surface area contributed by atoms with Gasteiger partial charge in [-0.3, -0.25) is 9.58 Å². The van der Waals surface area contributed by atoms with Crippen molar-refractivity contribution in [2.24, 2.45) is 7.05 Å². The summed E-state index contributed by atoms with van der Waals surface area (Å²) in [5.41, 5.74) is -0.262. The minimum Gasteiger partial charge on any atom is -0.379 e. The lowest BCUT2D eigenvalue weighted by molar-refractivity contribution is -0.141. The lowest BCUT2D eigenvalue weighted by Crippen LogP contribution is -2.36. The van der Waals surface area contributed by atoms with Crippen LogP contribution in [0, 0.1) is 0 Å². The topological polar surface area (TPSA) is 30.3 Å². The number of rotatable bonds is 2. The molecule has 0 amide bonds. The van der Waals surface area contributed by atoms with Gasteiger partial charge in [-0.1, -0.05) is 0 Å². The third-order valence-electron chi connectivity index (χ3n) is 2.76. The Morgan fingerprint density at radius 3 is 2.53 bits per heavy atom. The normalized spacial score (nSPS) is 18.6. The van der Waals surface area contributed by atoms with Gasteiger partial charge in [0.05, 0.1) is 18.9 Å². The molecule has 1 aliphatic heterocycles. The lowest BCUT2D eigenvalue weighted by Gasteiger charge is -2.26. The maximum Gasteiger partial charge on any atom is 0.435 e. The highest BCUT2D eigenvalue weighted by Crippen LogP contribution is 2.28. The van der Waals surface area contributed by atoms with Crippen LogP contribution < -0.4 is 0 Å². The maximum absolute atomic E-state index is 12.5. The molecule has 0 bridgehead atoms. The fourth-order valence-corrected chi connectivity index (χ4v) is 1.78. The second-order valence-electron chi connectivity index (χ2n) is 4.03. The van der Waals surface area contributed by atoms with E-state index < -0.39 is 11.9 Å². The van der Waals surface area contributed by atoms with E-state index in [0.717, 1.165) is 19.2 Å². The Balaban J connectivity index is 2.07. The average Bonchev–Trinajstić information content (AvgIpc) is 2.62. The van der Waals surface area contributed by atoms with E-state index in [1.807, 2.05) is 0 Å². The van der Waals surface area contributed by atoms with Crippen molar-refractivity contribution >= 4 is 0 Å². The Hall–Kier alpha value is -1.08. The predicted octanol–water partition coefficient (Wildman–Crippen LogP) is 1.27. The summed E-state index contributed by atoms with van der Waals surface area (Å²) in [7, 11) is 1.53. The zero-order chi connectivity index (χ0) is 12.5. The van der Waals surface area contributed by atoms with E-state index >= 15 is 0 Å². The van der Waals surface area contributed by atoms with E-state index in [1.165, 1.54) is 11.7 Å². The van der Waals surface area contributed by atoms with Crippen molar-refractivity contribution in [1.82, 2.24) is 14.7 Å². The molecule has 0 unspecified atom stereocenters. The van der Waals surface area contributed by atoms with Crippen LogP contribution in [-0.4, -0.2) is 41.0 Å². The molecule has 1 aromatic rings. The molecule has 0 N–H and O–H groups in total. The molecule has 0 saturated carbocycles. The lowest BCUT2D eigenvalue weighted by atomic mass is 10.3. The number of ether oxygens (including phenoxy) is 1. The number of halogens is 3. The predicted molar refractivity (Wildman–Crippen MR) is 54.3 cm³/mol. The van der Waals surface area contributed by atoms with E-state index in [1.54, 1.807) is 0 Å². The van der Waals surface area contributed by atoms with Crippen molar-refractivity contribution in [2.45, 2.75) is 12.7 Å².